The molecular weight excluding hydrogens is 288 g/mol. The highest BCUT2D eigenvalue weighted by atomic mass is 16.5. The molecule has 0 amide bonds. The second-order valence-corrected chi connectivity index (χ2v) is 7.22. The minimum atomic E-state index is -0.880. The van der Waals surface area contributed by atoms with Gasteiger partial charge >= 0.3 is 11.9 Å². The first-order chi connectivity index (χ1) is 9.87. The molecule has 0 aliphatic carbocycles. The smallest absolute Gasteiger partial charge is 0.306 e. The van der Waals surface area contributed by atoms with Gasteiger partial charge in [0.05, 0.1) is 48.9 Å². The third kappa shape index (κ3) is 23.9. The molecule has 0 aliphatic heterocycles. The highest BCUT2D eigenvalue weighted by Crippen LogP contribution is 1.98. The van der Waals surface area contributed by atoms with E-state index in [-0.39, 0.29) is 25.4 Å². The quantitative estimate of drug-likeness (QED) is 0.467. The van der Waals surface area contributed by atoms with Crippen LogP contribution in [0.15, 0.2) is 0 Å². The fraction of sp³-hybridized carbons (Fsp3) is 0.867. The lowest BCUT2D eigenvalue weighted by Crippen LogP contribution is -2.38. The Bertz CT molecular complexity index is 319. The van der Waals surface area contributed by atoms with Crippen molar-refractivity contribution in [2.45, 2.75) is 19.3 Å². The number of carbonyl (C=O) groups is 2. The molecule has 0 aromatic heterocycles. The van der Waals surface area contributed by atoms with Gasteiger partial charge in [-0.1, -0.05) is 0 Å². The van der Waals surface area contributed by atoms with Crippen LogP contribution in [0.2, 0.25) is 0 Å². The fourth-order valence-electron chi connectivity index (χ4n) is 1.19. The zero-order chi connectivity index (χ0) is 17.8. The molecule has 0 unspecified atom stereocenters. The number of carboxylic acids is 1. The molecule has 0 rings (SSSR count). The van der Waals surface area contributed by atoms with E-state index in [1.54, 1.807) is 0 Å². The first kappa shape index (κ1) is 23.1. The number of likely N-dealkylation sites (N-methyl/N-ethyl adjacent to an activating group) is 2. The summed E-state index contributed by atoms with van der Waals surface area (Å²) in [6.45, 7) is 2.25. The lowest BCUT2D eigenvalue weighted by molar-refractivity contribution is -0.870. The van der Waals surface area contributed by atoms with Gasteiger partial charge in [-0.05, 0) is 6.42 Å². The Labute approximate surface area is 134 Å². The van der Waals surface area contributed by atoms with Crippen LogP contribution in [0.4, 0.5) is 0 Å². The third-order valence-corrected chi connectivity index (χ3v) is 2.57. The van der Waals surface area contributed by atoms with Crippen molar-refractivity contribution in [3.63, 3.8) is 0 Å². The van der Waals surface area contributed by atoms with Crippen LogP contribution in [0.3, 0.4) is 0 Å². The average molecular weight is 322 g/mol. The molecular formula is C15H34N2O5+2. The molecule has 0 saturated carbocycles. The van der Waals surface area contributed by atoms with Crippen molar-refractivity contribution in [2.24, 2.45) is 0 Å². The van der Waals surface area contributed by atoms with Gasteiger partial charge in [0.2, 0.25) is 0 Å². The number of rotatable bonds is 9. The minimum absolute atomic E-state index is 0.0183. The topological polar surface area (TPSA) is 83.8 Å². The summed E-state index contributed by atoms with van der Waals surface area (Å²) in [5.74, 6) is -1.20. The zero-order valence-electron chi connectivity index (χ0n) is 15.0. The molecule has 0 spiro atoms. The van der Waals surface area contributed by atoms with Crippen LogP contribution >= 0.6 is 0 Å². The lowest BCUT2D eigenvalue weighted by atomic mass is 10.2. The number of hydrogen-bond acceptors (Lipinski definition) is 4. The summed E-state index contributed by atoms with van der Waals surface area (Å²) in [5, 5.41) is 16.7. The van der Waals surface area contributed by atoms with Crippen molar-refractivity contribution in [2.75, 3.05) is 68.6 Å². The summed E-state index contributed by atoms with van der Waals surface area (Å²) < 4.78 is 6.53. The Morgan fingerprint density at radius 3 is 1.73 bits per heavy atom. The summed E-state index contributed by atoms with van der Waals surface area (Å²) in [6.07, 6.45) is 0.548. The van der Waals surface area contributed by atoms with Gasteiger partial charge in [-0.3, -0.25) is 9.59 Å². The SMILES string of the molecule is C[N+](C)(C)CCO.C[N+](C)(C)CCOC(=O)CCCC(=O)O. The van der Waals surface area contributed by atoms with E-state index in [2.05, 4.69) is 21.1 Å². The van der Waals surface area contributed by atoms with Crippen molar-refractivity contribution < 1.29 is 33.5 Å². The molecule has 0 aromatic rings. The number of ether oxygens (including phenoxy) is 1. The highest BCUT2D eigenvalue weighted by Gasteiger charge is 2.09. The van der Waals surface area contributed by atoms with Gasteiger partial charge in [0.25, 0.3) is 0 Å². The molecule has 0 heterocycles. The van der Waals surface area contributed by atoms with E-state index in [1.807, 2.05) is 21.1 Å². The van der Waals surface area contributed by atoms with E-state index in [0.717, 1.165) is 22.1 Å². The van der Waals surface area contributed by atoms with Crippen LogP contribution in [0, 0.1) is 0 Å². The van der Waals surface area contributed by atoms with Crippen molar-refractivity contribution in [1.29, 1.82) is 0 Å². The number of carbonyl (C=O) groups excluding carboxylic acids is 1. The van der Waals surface area contributed by atoms with Crippen molar-refractivity contribution in [1.82, 2.24) is 0 Å². The molecule has 2 N–H and O–H groups in total. The molecule has 0 radical (unpaired) electrons. The van der Waals surface area contributed by atoms with Crippen molar-refractivity contribution in [3.05, 3.63) is 0 Å². The Hall–Kier alpha value is -1.18. The van der Waals surface area contributed by atoms with Crippen LogP contribution in [-0.4, -0.2) is 99.7 Å². The Balaban J connectivity index is 0. The lowest BCUT2D eigenvalue weighted by Gasteiger charge is -2.23. The summed E-state index contributed by atoms with van der Waals surface area (Å²) in [4.78, 5) is 21.3. The normalized spacial score (nSPS) is 11.4. The number of quaternary nitrogens is 2. The second-order valence-electron chi connectivity index (χ2n) is 7.22. The van der Waals surface area contributed by atoms with Gasteiger partial charge in [-0.15, -0.1) is 0 Å². The number of nitrogens with zero attached hydrogens (tertiary/aromatic N) is 2. The maximum atomic E-state index is 11.1. The fourth-order valence-corrected chi connectivity index (χ4v) is 1.19. The van der Waals surface area contributed by atoms with E-state index in [4.69, 9.17) is 14.9 Å². The number of aliphatic hydroxyl groups excluding tert-OH is 1. The predicted molar refractivity (Wildman–Crippen MR) is 85.3 cm³/mol. The molecule has 0 aromatic carbocycles. The summed E-state index contributed by atoms with van der Waals surface area (Å²) in [6, 6.07) is 0. The highest BCUT2D eigenvalue weighted by molar-refractivity contribution is 5.71. The van der Waals surface area contributed by atoms with Crippen LogP contribution in [0.5, 0.6) is 0 Å². The monoisotopic (exact) mass is 322 g/mol. The summed E-state index contributed by atoms with van der Waals surface area (Å²) >= 11 is 0. The number of esters is 1. The molecule has 7 heteroatoms. The molecule has 132 valence electrons. The molecule has 22 heavy (non-hydrogen) atoms. The van der Waals surface area contributed by atoms with Gasteiger partial charge in [0.15, 0.2) is 0 Å². The minimum Gasteiger partial charge on any atom is -0.481 e. The standard InChI is InChI=1S/C10H19NO4.C5H14NO/c1-11(2,3)7-8-15-10(14)6-4-5-9(12)13;1-6(2,3)4-5-7/h4-8H2,1-3H3;7H,4-5H2,1-3H3/q;+1/p+1. The van der Waals surface area contributed by atoms with Crippen LogP contribution < -0.4 is 0 Å². The third-order valence-electron chi connectivity index (χ3n) is 2.57. The largest absolute Gasteiger partial charge is 0.481 e. The molecule has 0 saturated heterocycles. The van der Waals surface area contributed by atoms with E-state index < -0.39 is 5.97 Å². The van der Waals surface area contributed by atoms with Gasteiger partial charge in [0.1, 0.15) is 19.7 Å². The Morgan fingerprint density at radius 1 is 0.909 bits per heavy atom. The van der Waals surface area contributed by atoms with E-state index in [1.165, 1.54) is 0 Å². The zero-order valence-corrected chi connectivity index (χ0v) is 15.0. The van der Waals surface area contributed by atoms with Gasteiger partial charge in [-0.2, -0.15) is 0 Å². The maximum absolute atomic E-state index is 11.1. The molecule has 0 atom stereocenters. The van der Waals surface area contributed by atoms with E-state index in [9.17, 15) is 9.59 Å². The Morgan fingerprint density at radius 2 is 1.41 bits per heavy atom. The second kappa shape index (κ2) is 11.4. The van der Waals surface area contributed by atoms with Crippen molar-refractivity contribution in [3.8, 4) is 0 Å². The average Bonchev–Trinajstić information content (AvgIpc) is 2.25. The summed E-state index contributed by atoms with van der Waals surface area (Å²) in [7, 11) is 12.2. The maximum Gasteiger partial charge on any atom is 0.306 e. The number of carboxylic acid groups (broad SMARTS) is 1. The molecule has 7 nitrogen and oxygen atoms in total. The summed E-state index contributed by atoms with van der Waals surface area (Å²) in [5.41, 5.74) is 0. The first-order valence-electron chi connectivity index (χ1n) is 7.46. The van der Waals surface area contributed by atoms with Gasteiger partial charge < -0.3 is 23.9 Å². The Kier molecular flexibility index (Phi) is 12.0. The van der Waals surface area contributed by atoms with Crippen LogP contribution in [-0.2, 0) is 14.3 Å². The van der Waals surface area contributed by atoms with Crippen molar-refractivity contribution >= 4 is 11.9 Å². The van der Waals surface area contributed by atoms with Gasteiger partial charge in [-0.25, -0.2) is 0 Å². The van der Waals surface area contributed by atoms with Gasteiger partial charge in [0, 0.05) is 12.8 Å². The molecule has 0 fully saturated rings. The predicted octanol–water partition coefficient (Wildman–Crippen LogP) is 0.176. The van der Waals surface area contributed by atoms with Crippen LogP contribution in [0.25, 0.3) is 0 Å². The molecule has 0 bridgehead atoms. The van der Waals surface area contributed by atoms with E-state index in [0.29, 0.717) is 13.0 Å². The first-order valence-corrected chi connectivity index (χ1v) is 7.46. The molecule has 0 aliphatic rings. The van der Waals surface area contributed by atoms with E-state index >= 15 is 0 Å². The van der Waals surface area contributed by atoms with Crippen LogP contribution in [0.1, 0.15) is 19.3 Å². The number of aliphatic carboxylic acids is 1. The number of hydrogen-bond donors (Lipinski definition) is 2. The number of aliphatic hydroxyl groups is 1.